The van der Waals surface area contributed by atoms with Gasteiger partial charge in [0.25, 0.3) is 5.91 Å². The Bertz CT molecular complexity index is 1030. The third kappa shape index (κ3) is 4.40. The molecule has 0 saturated heterocycles. The van der Waals surface area contributed by atoms with Gasteiger partial charge < -0.3 is 15.5 Å². The van der Waals surface area contributed by atoms with Gasteiger partial charge in [-0.1, -0.05) is 24.3 Å². The van der Waals surface area contributed by atoms with Crippen molar-refractivity contribution in [3.8, 4) is 0 Å². The number of rotatable bonds is 4. The monoisotopic (exact) mass is 387 g/mol. The maximum Gasteiger partial charge on any atom is 0.275 e. The van der Waals surface area contributed by atoms with Crippen LogP contribution in [0.25, 0.3) is 0 Å². The van der Waals surface area contributed by atoms with Crippen molar-refractivity contribution in [2.24, 2.45) is 0 Å². The fourth-order valence-corrected chi connectivity index (χ4v) is 3.33. The van der Waals surface area contributed by atoms with E-state index in [2.05, 4.69) is 43.7 Å². The number of amides is 2. The van der Waals surface area contributed by atoms with Gasteiger partial charge in [0.1, 0.15) is 11.5 Å². The molecule has 2 aromatic carbocycles. The van der Waals surface area contributed by atoms with Crippen LogP contribution in [0.1, 0.15) is 28.5 Å². The quantitative estimate of drug-likeness (QED) is 0.718. The van der Waals surface area contributed by atoms with Crippen LogP contribution < -0.4 is 15.5 Å². The number of hydrogen-bond acceptors (Lipinski definition) is 5. The lowest BCUT2D eigenvalue weighted by molar-refractivity contribution is -0.114. The van der Waals surface area contributed by atoms with E-state index in [0.717, 1.165) is 25.3 Å². The van der Waals surface area contributed by atoms with Gasteiger partial charge in [-0.25, -0.2) is 9.97 Å². The number of hydrogen-bond donors (Lipinski definition) is 2. The summed E-state index contributed by atoms with van der Waals surface area (Å²) in [5.41, 5.74) is 4.20. The molecule has 2 N–H and O–H groups in total. The van der Waals surface area contributed by atoms with Crippen molar-refractivity contribution in [3.63, 3.8) is 0 Å². The number of carbonyl (C=O) groups is 2. The van der Waals surface area contributed by atoms with Crippen molar-refractivity contribution < 1.29 is 9.59 Å². The van der Waals surface area contributed by atoms with Crippen molar-refractivity contribution in [1.29, 1.82) is 0 Å². The Morgan fingerprint density at radius 3 is 2.24 bits per heavy atom. The Morgan fingerprint density at radius 2 is 1.59 bits per heavy atom. The lowest BCUT2D eigenvalue weighted by Crippen LogP contribution is -2.31. The number of nitrogens with zero attached hydrogens (tertiary/aromatic N) is 3. The highest BCUT2D eigenvalue weighted by Gasteiger charge is 2.18. The number of nitrogens with one attached hydrogen (secondary N) is 2. The molecule has 0 fully saturated rings. The minimum absolute atomic E-state index is 0.144. The summed E-state index contributed by atoms with van der Waals surface area (Å²) < 4.78 is 0. The van der Waals surface area contributed by atoms with Crippen LogP contribution in [0.5, 0.6) is 0 Å². The van der Waals surface area contributed by atoms with Crippen LogP contribution in [0.3, 0.4) is 0 Å². The Balaban J connectivity index is 1.40. The Morgan fingerprint density at radius 1 is 0.897 bits per heavy atom. The molecule has 0 unspecified atom stereocenters. The van der Waals surface area contributed by atoms with Gasteiger partial charge >= 0.3 is 0 Å². The van der Waals surface area contributed by atoms with Gasteiger partial charge in [-0.05, 0) is 41.8 Å². The van der Waals surface area contributed by atoms with E-state index in [1.807, 2.05) is 6.07 Å². The predicted molar refractivity (Wildman–Crippen MR) is 112 cm³/mol. The third-order valence-electron chi connectivity index (χ3n) is 4.79. The molecule has 3 aromatic rings. The molecule has 1 aliphatic rings. The van der Waals surface area contributed by atoms with E-state index in [9.17, 15) is 9.59 Å². The lowest BCUT2D eigenvalue weighted by atomic mass is 10.0. The van der Waals surface area contributed by atoms with Crippen LogP contribution >= 0.6 is 0 Å². The molecule has 0 bridgehead atoms. The predicted octanol–water partition coefficient (Wildman–Crippen LogP) is 3.25. The first kappa shape index (κ1) is 18.6. The molecule has 2 heterocycles. The summed E-state index contributed by atoms with van der Waals surface area (Å²) in [4.78, 5) is 34.4. The van der Waals surface area contributed by atoms with Crippen LogP contribution in [0.15, 0.2) is 60.9 Å². The van der Waals surface area contributed by atoms with Gasteiger partial charge in [0, 0.05) is 31.4 Å². The molecule has 7 heteroatoms. The summed E-state index contributed by atoms with van der Waals surface area (Å²) in [5.74, 6) is 0.283. The molecular weight excluding hydrogens is 366 g/mol. The van der Waals surface area contributed by atoms with E-state index >= 15 is 0 Å². The fraction of sp³-hybridized carbons (Fsp3) is 0.182. The average Bonchev–Trinajstić information content (AvgIpc) is 2.74. The van der Waals surface area contributed by atoms with E-state index < -0.39 is 0 Å². The van der Waals surface area contributed by atoms with Crippen LogP contribution in [-0.2, 0) is 17.8 Å². The molecule has 1 aromatic heterocycles. The zero-order valence-corrected chi connectivity index (χ0v) is 16.1. The minimum atomic E-state index is -0.333. The molecule has 0 radical (unpaired) electrons. The van der Waals surface area contributed by atoms with Crippen LogP contribution in [0, 0.1) is 0 Å². The highest BCUT2D eigenvalue weighted by molar-refractivity contribution is 6.02. The average molecular weight is 387 g/mol. The largest absolute Gasteiger partial charge is 0.351 e. The second kappa shape index (κ2) is 8.10. The Hall–Kier alpha value is -3.74. The third-order valence-corrected chi connectivity index (χ3v) is 4.79. The first-order chi connectivity index (χ1) is 14.1. The molecule has 146 valence electrons. The van der Waals surface area contributed by atoms with Crippen LogP contribution in [0.4, 0.5) is 17.2 Å². The second-order valence-electron chi connectivity index (χ2n) is 6.91. The van der Waals surface area contributed by atoms with Crippen LogP contribution in [-0.4, -0.2) is 28.3 Å². The second-order valence-corrected chi connectivity index (χ2v) is 6.91. The van der Waals surface area contributed by atoms with Crippen molar-refractivity contribution in [2.45, 2.75) is 19.9 Å². The number of carbonyl (C=O) groups excluding carboxylic acids is 2. The molecular formula is C22H21N5O2. The molecule has 4 rings (SSSR count). The van der Waals surface area contributed by atoms with Crippen molar-refractivity contribution in [3.05, 3.63) is 77.7 Å². The topological polar surface area (TPSA) is 87.2 Å². The molecule has 0 spiro atoms. The number of aromatic nitrogens is 2. The van der Waals surface area contributed by atoms with E-state index in [0.29, 0.717) is 11.4 Å². The zero-order chi connectivity index (χ0) is 20.2. The summed E-state index contributed by atoms with van der Waals surface area (Å²) in [6, 6.07) is 15.3. The molecule has 2 amide bonds. The first-order valence-corrected chi connectivity index (χ1v) is 9.41. The van der Waals surface area contributed by atoms with Gasteiger partial charge in [-0.15, -0.1) is 0 Å². The smallest absolute Gasteiger partial charge is 0.275 e. The number of fused-ring (bicyclic) bond motifs is 1. The van der Waals surface area contributed by atoms with Gasteiger partial charge in [0.05, 0.1) is 12.4 Å². The SMILES string of the molecule is CC(=O)Nc1ccc(NC(=O)c2cnc(N3CCc4ccccc4C3)cn2)cc1. The van der Waals surface area contributed by atoms with E-state index in [-0.39, 0.29) is 17.5 Å². The van der Waals surface area contributed by atoms with Gasteiger partial charge in [0.2, 0.25) is 5.91 Å². The summed E-state index contributed by atoms with van der Waals surface area (Å²) in [6.07, 6.45) is 4.11. The summed E-state index contributed by atoms with van der Waals surface area (Å²) in [7, 11) is 0. The maximum atomic E-state index is 12.4. The fourth-order valence-electron chi connectivity index (χ4n) is 3.33. The summed E-state index contributed by atoms with van der Waals surface area (Å²) in [6.45, 7) is 3.11. The van der Waals surface area contributed by atoms with Crippen molar-refractivity contribution in [1.82, 2.24) is 9.97 Å². The van der Waals surface area contributed by atoms with Gasteiger partial charge in [-0.3, -0.25) is 9.59 Å². The van der Waals surface area contributed by atoms with E-state index in [1.54, 1.807) is 30.5 Å². The van der Waals surface area contributed by atoms with E-state index in [1.165, 1.54) is 24.2 Å². The van der Waals surface area contributed by atoms with Crippen molar-refractivity contribution in [2.75, 3.05) is 22.1 Å². The highest BCUT2D eigenvalue weighted by atomic mass is 16.2. The van der Waals surface area contributed by atoms with Gasteiger partial charge in [0.15, 0.2) is 0 Å². The molecule has 0 atom stereocenters. The molecule has 7 nitrogen and oxygen atoms in total. The molecule has 0 saturated carbocycles. The minimum Gasteiger partial charge on any atom is -0.351 e. The number of benzene rings is 2. The highest BCUT2D eigenvalue weighted by Crippen LogP contribution is 2.22. The summed E-state index contributed by atoms with van der Waals surface area (Å²) in [5, 5.41) is 5.47. The van der Waals surface area contributed by atoms with Gasteiger partial charge in [-0.2, -0.15) is 0 Å². The molecule has 1 aliphatic heterocycles. The number of anilines is 3. The lowest BCUT2D eigenvalue weighted by Gasteiger charge is -2.29. The maximum absolute atomic E-state index is 12.4. The van der Waals surface area contributed by atoms with E-state index in [4.69, 9.17) is 0 Å². The molecule has 0 aliphatic carbocycles. The van der Waals surface area contributed by atoms with Crippen molar-refractivity contribution >= 4 is 29.0 Å². The Labute approximate surface area is 168 Å². The normalized spacial score (nSPS) is 12.8. The summed E-state index contributed by atoms with van der Waals surface area (Å²) >= 11 is 0. The first-order valence-electron chi connectivity index (χ1n) is 9.41. The zero-order valence-electron chi connectivity index (χ0n) is 16.1. The Kier molecular flexibility index (Phi) is 5.20. The standard InChI is InChI=1S/C22H21N5O2/c1-15(28)25-18-6-8-19(9-7-18)26-22(29)20-12-24-21(13-23-20)27-11-10-16-4-2-3-5-17(16)14-27/h2-9,12-13H,10-11,14H2,1H3,(H,25,28)(H,26,29). The molecule has 29 heavy (non-hydrogen) atoms. The van der Waals surface area contributed by atoms with Crippen LogP contribution in [0.2, 0.25) is 0 Å².